The molecule has 176 valence electrons. The third-order valence-corrected chi connectivity index (χ3v) is 6.52. The van der Waals surface area contributed by atoms with Gasteiger partial charge in [-0.15, -0.1) is 0 Å². The average Bonchev–Trinajstić information content (AvgIpc) is 2.89. The molecule has 4 rings (SSSR count). The first kappa shape index (κ1) is 23.4. The quantitative estimate of drug-likeness (QED) is 0.372. The second-order valence-corrected chi connectivity index (χ2v) is 8.65. The van der Waals surface area contributed by atoms with E-state index < -0.39 is 10.8 Å². The molecule has 3 aromatic carbocycles. The van der Waals surface area contributed by atoms with Gasteiger partial charge < -0.3 is 10.6 Å². The Labute approximate surface area is 199 Å². The fourth-order valence-electron chi connectivity index (χ4n) is 4.66. The average molecular weight is 459 g/mol. The third-order valence-electron chi connectivity index (χ3n) is 6.52. The lowest BCUT2D eigenvalue weighted by Crippen LogP contribution is -2.40. The van der Waals surface area contributed by atoms with Gasteiger partial charge in [-0.05, 0) is 55.1 Å². The van der Waals surface area contributed by atoms with Crippen molar-refractivity contribution >= 4 is 17.3 Å². The van der Waals surface area contributed by atoms with Crippen LogP contribution < -0.4 is 10.6 Å². The number of rotatable bonds is 8. The minimum atomic E-state index is -0.514. The van der Waals surface area contributed by atoms with E-state index in [1.165, 1.54) is 23.3 Å². The zero-order valence-corrected chi connectivity index (χ0v) is 19.3. The Balaban J connectivity index is 1.39. The van der Waals surface area contributed by atoms with Crippen LogP contribution in [-0.4, -0.2) is 42.4 Å². The van der Waals surface area contributed by atoms with Crippen LogP contribution in [0.1, 0.15) is 40.4 Å². The molecule has 1 aliphatic rings. The van der Waals surface area contributed by atoms with Crippen molar-refractivity contribution in [2.75, 3.05) is 32.0 Å². The summed E-state index contributed by atoms with van der Waals surface area (Å²) in [5.74, 6) is -0.0726. The maximum Gasteiger partial charge on any atom is 0.282 e. The molecule has 7 heteroatoms. The maximum absolute atomic E-state index is 12.8. The third kappa shape index (κ3) is 5.43. The minimum Gasteiger partial charge on any atom is -0.388 e. The van der Waals surface area contributed by atoms with E-state index in [2.05, 4.69) is 64.1 Å². The van der Waals surface area contributed by atoms with Gasteiger partial charge in [-0.2, -0.15) is 0 Å². The molecular weight excluding hydrogens is 428 g/mol. The summed E-state index contributed by atoms with van der Waals surface area (Å²) in [7, 11) is 1.72. The molecule has 0 aromatic heterocycles. The number of nitro benzene ring substituents is 1. The number of hydrogen-bond donors (Lipinski definition) is 2. The van der Waals surface area contributed by atoms with Gasteiger partial charge in [0.05, 0.1) is 11.0 Å². The predicted octanol–water partition coefficient (Wildman–Crippen LogP) is 4.87. The Morgan fingerprint density at radius 1 is 1.00 bits per heavy atom. The summed E-state index contributed by atoms with van der Waals surface area (Å²) in [5.41, 5.74) is 3.12. The van der Waals surface area contributed by atoms with Crippen molar-refractivity contribution in [3.63, 3.8) is 0 Å². The highest BCUT2D eigenvalue weighted by Crippen LogP contribution is 2.32. The number of likely N-dealkylation sites (tertiary alicyclic amines) is 1. The predicted molar refractivity (Wildman–Crippen MR) is 134 cm³/mol. The van der Waals surface area contributed by atoms with E-state index in [0.717, 1.165) is 25.9 Å². The number of piperidine rings is 1. The van der Waals surface area contributed by atoms with Crippen LogP contribution in [0.15, 0.2) is 78.9 Å². The van der Waals surface area contributed by atoms with Crippen molar-refractivity contribution in [2.45, 2.75) is 18.9 Å². The molecule has 1 heterocycles. The van der Waals surface area contributed by atoms with E-state index >= 15 is 0 Å². The molecule has 0 atom stereocenters. The van der Waals surface area contributed by atoms with E-state index in [9.17, 15) is 14.9 Å². The topological polar surface area (TPSA) is 87.5 Å². The number of hydrogen-bond acceptors (Lipinski definition) is 5. The standard InChI is InChI=1S/C27H30N4O3/c1-28-23-12-13-25(31(33)34)24(18-23)27(32)29-19-20-14-16-30(17-15-20)26(21-8-4-2-5-9-21)22-10-6-3-7-11-22/h2-13,18,20,26,28H,14-17,19H2,1H3,(H,29,32). The smallest absolute Gasteiger partial charge is 0.282 e. The van der Waals surface area contributed by atoms with Crippen LogP contribution >= 0.6 is 0 Å². The van der Waals surface area contributed by atoms with Crippen molar-refractivity contribution in [3.8, 4) is 0 Å². The van der Waals surface area contributed by atoms with E-state index in [-0.39, 0.29) is 17.3 Å². The van der Waals surface area contributed by atoms with E-state index in [1.54, 1.807) is 13.1 Å². The second kappa shape index (κ2) is 10.9. The molecule has 1 fully saturated rings. The number of nitro groups is 1. The van der Waals surface area contributed by atoms with Gasteiger partial charge in [0.25, 0.3) is 11.6 Å². The van der Waals surface area contributed by atoms with Crippen LogP contribution in [0.4, 0.5) is 11.4 Å². The Bertz CT molecular complexity index is 1070. The monoisotopic (exact) mass is 458 g/mol. The fourth-order valence-corrected chi connectivity index (χ4v) is 4.66. The van der Waals surface area contributed by atoms with Gasteiger partial charge in [-0.3, -0.25) is 19.8 Å². The van der Waals surface area contributed by atoms with E-state index in [0.29, 0.717) is 18.2 Å². The largest absolute Gasteiger partial charge is 0.388 e. The summed E-state index contributed by atoms with van der Waals surface area (Å²) < 4.78 is 0. The lowest BCUT2D eigenvalue weighted by atomic mass is 9.91. The van der Waals surface area contributed by atoms with Gasteiger partial charge in [-0.25, -0.2) is 0 Å². The SMILES string of the molecule is CNc1ccc([N+](=O)[O-])c(C(=O)NCC2CCN(C(c3ccccc3)c3ccccc3)CC2)c1. The summed E-state index contributed by atoms with van der Waals surface area (Å²) in [6.45, 7) is 2.35. The Kier molecular flexibility index (Phi) is 7.54. The van der Waals surface area contributed by atoms with Gasteiger partial charge in [0.2, 0.25) is 0 Å². The highest BCUT2D eigenvalue weighted by Gasteiger charge is 2.28. The summed E-state index contributed by atoms with van der Waals surface area (Å²) >= 11 is 0. The Hall–Kier alpha value is -3.71. The summed E-state index contributed by atoms with van der Waals surface area (Å²) in [6.07, 6.45) is 1.91. The Morgan fingerprint density at radius 3 is 2.12 bits per heavy atom. The number of carbonyl (C=O) groups excluding carboxylic acids is 1. The molecule has 1 aliphatic heterocycles. The highest BCUT2D eigenvalue weighted by atomic mass is 16.6. The van der Waals surface area contributed by atoms with Crippen molar-refractivity contribution in [1.82, 2.24) is 10.2 Å². The molecule has 0 saturated carbocycles. The first-order valence-corrected chi connectivity index (χ1v) is 11.6. The van der Waals surface area contributed by atoms with Crippen LogP contribution in [0, 0.1) is 16.0 Å². The molecule has 2 N–H and O–H groups in total. The molecular formula is C27H30N4O3. The Morgan fingerprint density at radius 2 is 1.59 bits per heavy atom. The molecule has 1 amide bonds. The van der Waals surface area contributed by atoms with Crippen molar-refractivity contribution in [2.24, 2.45) is 5.92 Å². The molecule has 0 bridgehead atoms. The van der Waals surface area contributed by atoms with Crippen molar-refractivity contribution < 1.29 is 9.72 Å². The van der Waals surface area contributed by atoms with Crippen LogP contribution in [-0.2, 0) is 0 Å². The van der Waals surface area contributed by atoms with Gasteiger partial charge in [-0.1, -0.05) is 60.7 Å². The number of nitrogens with zero attached hydrogens (tertiary/aromatic N) is 2. The van der Waals surface area contributed by atoms with Gasteiger partial charge in [0, 0.05) is 25.3 Å². The minimum absolute atomic E-state index is 0.0857. The molecule has 0 aliphatic carbocycles. The molecule has 7 nitrogen and oxygen atoms in total. The van der Waals surface area contributed by atoms with E-state index in [4.69, 9.17) is 0 Å². The second-order valence-electron chi connectivity index (χ2n) is 8.65. The van der Waals surface area contributed by atoms with Crippen molar-refractivity contribution in [1.29, 1.82) is 0 Å². The zero-order valence-electron chi connectivity index (χ0n) is 19.3. The number of benzene rings is 3. The highest BCUT2D eigenvalue weighted by molar-refractivity contribution is 5.99. The van der Waals surface area contributed by atoms with Gasteiger partial charge in [0.15, 0.2) is 0 Å². The normalized spacial score (nSPS) is 14.6. The number of nitrogens with one attached hydrogen (secondary N) is 2. The number of amides is 1. The van der Waals surface area contributed by atoms with Crippen molar-refractivity contribution in [3.05, 3.63) is 106 Å². The molecule has 0 unspecified atom stereocenters. The number of anilines is 1. The zero-order chi connectivity index (χ0) is 23.9. The summed E-state index contributed by atoms with van der Waals surface area (Å²) in [5, 5.41) is 17.2. The molecule has 0 spiro atoms. The molecule has 3 aromatic rings. The first-order chi connectivity index (χ1) is 16.6. The van der Waals surface area contributed by atoms with Gasteiger partial charge >= 0.3 is 0 Å². The van der Waals surface area contributed by atoms with Gasteiger partial charge in [0.1, 0.15) is 5.56 Å². The molecule has 0 radical (unpaired) electrons. The van der Waals surface area contributed by atoms with Crippen LogP contribution in [0.2, 0.25) is 0 Å². The summed E-state index contributed by atoms with van der Waals surface area (Å²) in [4.78, 5) is 26.1. The lowest BCUT2D eigenvalue weighted by molar-refractivity contribution is -0.385. The van der Waals surface area contributed by atoms with Crippen LogP contribution in [0.5, 0.6) is 0 Å². The van der Waals surface area contributed by atoms with E-state index in [1.807, 2.05) is 12.1 Å². The number of carbonyl (C=O) groups is 1. The summed E-state index contributed by atoms with van der Waals surface area (Å²) in [6, 6.07) is 25.8. The fraction of sp³-hybridized carbons (Fsp3) is 0.296. The first-order valence-electron chi connectivity index (χ1n) is 11.6. The maximum atomic E-state index is 12.8. The van der Waals surface area contributed by atoms with Crippen LogP contribution in [0.25, 0.3) is 0 Å². The lowest BCUT2D eigenvalue weighted by Gasteiger charge is -2.38. The molecule has 1 saturated heterocycles. The van der Waals surface area contributed by atoms with Crippen LogP contribution in [0.3, 0.4) is 0 Å². The molecule has 34 heavy (non-hydrogen) atoms.